The second kappa shape index (κ2) is 7.74. The number of hydrogen-bond acceptors (Lipinski definition) is 1. The Hall–Kier alpha value is -0.760. The average molecular weight is 262 g/mol. The molecule has 0 aliphatic heterocycles. The van der Waals surface area contributed by atoms with Crippen molar-refractivity contribution in [2.75, 3.05) is 6.54 Å². The van der Waals surface area contributed by atoms with Crippen molar-refractivity contribution >= 4 is 0 Å². The van der Waals surface area contributed by atoms with Crippen molar-refractivity contribution in [2.45, 2.75) is 71.4 Å². The molecule has 2 rings (SSSR count). The summed E-state index contributed by atoms with van der Waals surface area (Å²) >= 11 is 0. The van der Waals surface area contributed by atoms with Gasteiger partial charge in [0.15, 0.2) is 0 Å². The van der Waals surface area contributed by atoms with E-state index in [0.717, 1.165) is 12.5 Å². The predicted octanol–water partition coefficient (Wildman–Crippen LogP) is 4.52. The molecule has 1 atom stereocenters. The molecule has 1 N–H and O–H groups in total. The van der Waals surface area contributed by atoms with Crippen LogP contribution in [0.15, 0.2) is 18.5 Å². The van der Waals surface area contributed by atoms with Crippen LogP contribution >= 0.6 is 0 Å². The maximum Gasteiger partial charge on any atom is 0.0363 e. The van der Waals surface area contributed by atoms with Crippen LogP contribution in [0.3, 0.4) is 0 Å². The van der Waals surface area contributed by atoms with Crippen LogP contribution in [0.25, 0.3) is 0 Å². The first-order valence-electron chi connectivity index (χ1n) is 8.24. The van der Waals surface area contributed by atoms with Gasteiger partial charge in [-0.2, -0.15) is 0 Å². The van der Waals surface area contributed by atoms with E-state index < -0.39 is 0 Å². The van der Waals surface area contributed by atoms with E-state index in [1.54, 1.807) is 0 Å². The first-order chi connectivity index (χ1) is 9.35. The van der Waals surface area contributed by atoms with E-state index in [2.05, 4.69) is 42.2 Å². The van der Waals surface area contributed by atoms with Crippen LogP contribution in [0, 0.1) is 5.92 Å². The van der Waals surface area contributed by atoms with Crippen LogP contribution in [0.4, 0.5) is 0 Å². The molecule has 1 fully saturated rings. The highest BCUT2D eigenvalue weighted by molar-refractivity contribution is 5.18. The minimum absolute atomic E-state index is 0.603. The van der Waals surface area contributed by atoms with E-state index in [-0.39, 0.29) is 0 Å². The summed E-state index contributed by atoms with van der Waals surface area (Å²) in [6.45, 7) is 6.74. The smallest absolute Gasteiger partial charge is 0.0363 e. The largest absolute Gasteiger partial charge is 0.354 e. The van der Waals surface area contributed by atoms with Gasteiger partial charge in [0.2, 0.25) is 0 Å². The fourth-order valence-corrected chi connectivity index (χ4v) is 2.89. The number of unbranched alkanes of at least 4 members (excludes halogenated alkanes) is 4. The molecule has 19 heavy (non-hydrogen) atoms. The van der Waals surface area contributed by atoms with Gasteiger partial charge in [0.05, 0.1) is 0 Å². The first kappa shape index (κ1) is 14.6. The van der Waals surface area contributed by atoms with Crippen LogP contribution < -0.4 is 5.32 Å². The lowest BCUT2D eigenvalue weighted by Gasteiger charge is -2.15. The van der Waals surface area contributed by atoms with Gasteiger partial charge < -0.3 is 9.88 Å². The molecule has 1 aromatic heterocycles. The Morgan fingerprint density at radius 2 is 2.00 bits per heavy atom. The highest BCUT2D eigenvalue weighted by atomic mass is 15.0. The van der Waals surface area contributed by atoms with Crippen molar-refractivity contribution in [2.24, 2.45) is 5.92 Å². The monoisotopic (exact) mass is 262 g/mol. The summed E-state index contributed by atoms with van der Waals surface area (Å²) in [4.78, 5) is 0. The average Bonchev–Trinajstić information content (AvgIpc) is 3.15. The van der Waals surface area contributed by atoms with Crippen LogP contribution in [-0.4, -0.2) is 11.1 Å². The lowest BCUT2D eigenvalue weighted by atomic mass is 10.1. The first-order valence-corrected chi connectivity index (χ1v) is 8.24. The van der Waals surface area contributed by atoms with Gasteiger partial charge in [-0.25, -0.2) is 0 Å². The van der Waals surface area contributed by atoms with Gasteiger partial charge in [0, 0.05) is 25.0 Å². The highest BCUT2D eigenvalue weighted by Crippen LogP contribution is 2.40. The molecule has 2 nitrogen and oxygen atoms in total. The molecule has 0 amide bonds. The Morgan fingerprint density at radius 3 is 2.68 bits per heavy atom. The molecule has 1 aliphatic rings. The van der Waals surface area contributed by atoms with Gasteiger partial charge in [-0.05, 0) is 43.4 Å². The van der Waals surface area contributed by atoms with Crippen molar-refractivity contribution in [3.8, 4) is 0 Å². The predicted molar refractivity (Wildman–Crippen MR) is 82.3 cm³/mol. The minimum atomic E-state index is 0.603. The summed E-state index contributed by atoms with van der Waals surface area (Å²) in [5, 5.41) is 3.64. The van der Waals surface area contributed by atoms with E-state index in [1.165, 1.54) is 57.1 Å². The van der Waals surface area contributed by atoms with Gasteiger partial charge in [0.25, 0.3) is 0 Å². The normalized spacial score (nSPS) is 16.7. The van der Waals surface area contributed by atoms with E-state index >= 15 is 0 Å². The maximum absolute atomic E-state index is 3.64. The molecule has 0 aromatic carbocycles. The third kappa shape index (κ3) is 4.68. The second-order valence-electron chi connectivity index (χ2n) is 5.97. The summed E-state index contributed by atoms with van der Waals surface area (Å²) in [6.07, 6.45) is 14.3. The topological polar surface area (TPSA) is 17.0 Å². The Morgan fingerprint density at radius 1 is 1.21 bits per heavy atom. The number of nitrogens with one attached hydrogen (secondary N) is 1. The van der Waals surface area contributed by atoms with Crippen molar-refractivity contribution in [3.63, 3.8) is 0 Å². The van der Waals surface area contributed by atoms with Gasteiger partial charge in [-0.3, -0.25) is 0 Å². The molecule has 0 spiro atoms. The summed E-state index contributed by atoms with van der Waals surface area (Å²) in [7, 11) is 0. The Kier molecular flexibility index (Phi) is 5.96. The summed E-state index contributed by atoms with van der Waals surface area (Å²) in [5.41, 5.74) is 1.50. The van der Waals surface area contributed by atoms with Crippen molar-refractivity contribution < 1.29 is 0 Å². The second-order valence-corrected chi connectivity index (χ2v) is 5.97. The number of nitrogens with zero attached hydrogens (tertiary/aromatic N) is 1. The molecular formula is C17H30N2. The van der Waals surface area contributed by atoms with E-state index in [4.69, 9.17) is 0 Å². The zero-order chi connectivity index (χ0) is 13.5. The molecule has 0 radical (unpaired) electrons. The Labute approximate surface area is 118 Å². The van der Waals surface area contributed by atoms with Crippen molar-refractivity contribution in [3.05, 3.63) is 24.0 Å². The van der Waals surface area contributed by atoms with Crippen molar-refractivity contribution in [1.29, 1.82) is 0 Å². The minimum Gasteiger partial charge on any atom is -0.354 e. The zero-order valence-electron chi connectivity index (χ0n) is 12.7. The fraction of sp³-hybridized carbons (Fsp3) is 0.765. The van der Waals surface area contributed by atoms with Gasteiger partial charge in [-0.1, -0.05) is 39.5 Å². The van der Waals surface area contributed by atoms with E-state index in [1.807, 2.05) is 0 Å². The zero-order valence-corrected chi connectivity index (χ0v) is 12.7. The molecule has 1 unspecified atom stereocenters. The molecule has 1 aliphatic carbocycles. The quantitative estimate of drug-likeness (QED) is 0.613. The molecule has 1 aromatic rings. The molecule has 0 bridgehead atoms. The van der Waals surface area contributed by atoms with E-state index in [9.17, 15) is 0 Å². The van der Waals surface area contributed by atoms with E-state index in [0.29, 0.717) is 6.04 Å². The number of aromatic nitrogens is 1. The molecule has 1 saturated carbocycles. The SMILES string of the molecule is CCCCCCCn1ccc(C(NCC)C2CC2)c1. The lowest BCUT2D eigenvalue weighted by molar-refractivity contribution is 0.494. The number of hydrogen-bond donors (Lipinski definition) is 1. The van der Waals surface area contributed by atoms with Gasteiger partial charge in [-0.15, -0.1) is 0 Å². The Bertz CT molecular complexity index is 352. The van der Waals surface area contributed by atoms with Crippen LogP contribution in [0.5, 0.6) is 0 Å². The van der Waals surface area contributed by atoms with Crippen LogP contribution in [0.1, 0.15) is 70.4 Å². The van der Waals surface area contributed by atoms with Gasteiger partial charge in [0.1, 0.15) is 0 Å². The molecule has 108 valence electrons. The summed E-state index contributed by atoms with van der Waals surface area (Å²) in [5.74, 6) is 0.889. The summed E-state index contributed by atoms with van der Waals surface area (Å²) < 4.78 is 2.38. The lowest BCUT2D eigenvalue weighted by Crippen LogP contribution is -2.22. The van der Waals surface area contributed by atoms with Crippen molar-refractivity contribution in [1.82, 2.24) is 9.88 Å². The molecule has 0 saturated heterocycles. The van der Waals surface area contributed by atoms with Crippen LogP contribution in [0.2, 0.25) is 0 Å². The van der Waals surface area contributed by atoms with Gasteiger partial charge >= 0.3 is 0 Å². The molecular weight excluding hydrogens is 232 g/mol. The Balaban J connectivity index is 1.77. The number of rotatable bonds is 10. The number of aryl methyl sites for hydroxylation is 1. The molecule has 1 heterocycles. The standard InChI is InChI=1S/C17H30N2/c1-3-5-6-7-8-12-19-13-11-16(14-19)17(18-4-2)15-9-10-15/h11,13-15,17-18H,3-10,12H2,1-2H3. The fourth-order valence-electron chi connectivity index (χ4n) is 2.89. The third-order valence-corrected chi connectivity index (χ3v) is 4.17. The highest BCUT2D eigenvalue weighted by Gasteiger charge is 2.31. The molecule has 2 heteroatoms. The summed E-state index contributed by atoms with van der Waals surface area (Å²) in [6, 6.07) is 2.92. The third-order valence-electron chi connectivity index (χ3n) is 4.17. The maximum atomic E-state index is 3.64. The van der Waals surface area contributed by atoms with Crippen LogP contribution in [-0.2, 0) is 6.54 Å².